The van der Waals surface area contributed by atoms with Crippen molar-refractivity contribution in [1.29, 1.82) is 0 Å². The third-order valence-electron chi connectivity index (χ3n) is 1.54. The number of rotatable bonds is 2. The van der Waals surface area contributed by atoms with Crippen LogP contribution in [0.4, 0.5) is 0 Å². The van der Waals surface area contributed by atoms with Crippen molar-refractivity contribution in [2.75, 3.05) is 14.2 Å². The summed E-state index contributed by atoms with van der Waals surface area (Å²) in [5.41, 5.74) is 0.139. The van der Waals surface area contributed by atoms with E-state index >= 15 is 0 Å². The number of terminal acetylenes is 2. The first-order chi connectivity index (χ1) is 9.66. The predicted molar refractivity (Wildman–Crippen MR) is 101 cm³/mol. The molecule has 0 aromatic heterocycles. The summed E-state index contributed by atoms with van der Waals surface area (Å²) in [6, 6.07) is 0. The zero-order chi connectivity index (χ0) is 19.0. The van der Waals surface area contributed by atoms with E-state index in [0.717, 1.165) is 5.76 Å². The van der Waals surface area contributed by atoms with Crippen LogP contribution in [0.15, 0.2) is 12.3 Å². The maximum atomic E-state index is 5.02. The smallest absolute Gasteiger partial charge is 0.0857 e. The van der Waals surface area contributed by atoms with Gasteiger partial charge in [0.1, 0.15) is 0 Å². The van der Waals surface area contributed by atoms with Gasteiger partial charge >= 0.3 is 0 Å². The third kappa shape index (κ3) is 77.8. The lowest BCUT2D eigenvalue weighted by atomic mass is 9.97. The Morgan fingerprint density at radius 1 is 0.955 bits per heavy atom. The van der Waals surface area contributed by atoms with Crippen molar-refractivity contribution in [2.24, 2.45) is 10.8 Å². The summed E-state index contributed by atoms with van der Waals surface area (Å²) in [5, 5.41) is 0. The van der Waals surface area contributed by atoms with Gasteiger partial charge in [-0.1, -0.05) is 46.1 Å². The third-order valence-corrected chi connectivity index (χ3v) is 1.54. The molecule has 130 valence electrons. The normalized spacial score (nSPS) is 9.36. The van der Waals surface area contributed by atoms with Crippen molar-refractivity contribution in [2.45, 2.75) is 68.4 Å². The van der Waals surface area contributed by atoms with E-state index in [1.807, 2.05) is 27.7 Å². The Balaban J connectivity index is -0.0000000995. The maximum absolute atomic E-state index is 5.02. The van der Waals surface area contributed by atoms with Gasteiger partial charge in [0, 0.05) is 7.11 Å². The zero-order valence-corrected chi connectivity index (χ0v) is 16.8. The van der Waals surface area contributed by atoms with Crippen LogP contribution in [0.1, 0.15) is 62.3 Å². The lowest BCUT2D eigenvalue weighted by Gasteiger charge is -2.05. The fraction of sp³-hybridized carbons (Fsp3) is 0.700. The molecule has 0 aliphatic carbocycles. The van der Waals surface area contributed by atoms with Crippen molar-refractivity contribution in [3.63, 3.8) is 0 Å². The summed E-state index contributed by atoms with van der Waals surface area (Å²) in [5.74, 6) is 5.66. The molecule has 0 aromatic rings. The van der Waals surface area contributed by atoms with Gasteiger partial charge in [-0.2, -0.15) is 0 Å². The Morgan fingerprint density at radius 2 is 1.14 bits per heavy atom. The molecule has 2 nitrogen and oxygen atoms in total. The number of ether oxygens (including phenoxy) is 2. The van der Waals surface area contributed by atoms with E-state index in [0.29, 0.717) is 11.5 Å². The summed E-state index contributed by atoms with van der Waals surface area (Å²) in [6.45, 7) is 21.7. The van der Waals surface area contributed by atoms with Crippen molar-refractivity contribution in [3.8, 4) is 24.7 Å². The highest BCUT2D eigenvalue weighted by atomic mass is 16.5. The summed E-state index contributed by atoms with van der Waals surface area (Å²) >= 11 is 0. The Hall–Kier alpha value is -1.38. The molecule has 0 amide bonds. The van der Waals surface area contributed by atoms with E-state index < -0.39 is 0 Å². The van der Waals surface area contributed by atoms with Crippen LogP contribution in [0.3, 0.4) is 0 Å². The molecule has 0 aromatic carbocycles. The minimum absolute atomic E-state index is 0.361. The van der Waals surface area contributed by atoms with Gasteiger partial charge in [-0.3, -0.25) is 0 Å². The Morgan fingerprint density at radius 3 is 1.14 bits per heavy atom. The van der Waals surface area contributed by atoms with Gasteiger partial charge in [0.2, 0.25) is 0 Å². The molecule has 22 heavy (non-hydrogen) atoms. The standard InChI is InChI=1S/C7H8.C5H12.C4H10O.C4H8O/c1-5-7(3,4)6-2;1-5(2,3)4;2*1-4(2)5-3/h1-2H,3-4H3;1-4H3;4H,1-3H3;1H2,2-3H3. The van der Waals surface area contributed by atoms with Crippen LogP contribution < -0.4 is 0 Å². The second-order valence-corrected chi connectivity index (χ2v) is 7.10. The van der Waals surface area contributed by atoms with Gasteiger partial charge < -0.3 is 9.47 Å². The van der Waals surface area contributed by atoms with Crippen LogP contribution >= 0.6 is 0 Å². The lowest BCUT2D eigenvalue weighted by molar-refractivity contribution is 0.134. The van der Waals surface area contributed by atoms with Crippen molar-refractivity contribution >= 4 is 0 Å². The molecule has 0 fully saturated rings. The molecule has 0 aliphatic heterocycles. The van der Waals surface area contributed by atoms with Crippen LogP contribution in [0, 0.1) is 35.5 Å². The molecule has 0 heterocycles. The molecule has 0 atom stereocenters. The van der Waals surface area contributed by atoms with E-state index in [4.69, 9.17) is 17.6 Å². The quantitative estimate of drug-likeness (QED) is 0.492. The molecule has 2 heteroatoms. The summed E-state index contributed by atoms with van der Waals surface area (Å²) in [4.78, 5) is 0. The molecule has 0 spiro atoms. The van der Waals surface area contributed by atoms with Gasteiger partial charge in [-0.25, -0.2) is 0 Å². The SMILES string of the molecule is C#CC(C)(C)C#C.C=C(C)OC.CC(C)(C)C.COC(C)C. The van der Waals surface area contributed by atoms with E-state index in [1.165, 1.54) is 0 Å². The van der Waals surface area contributed by atoms with Crippen LogP contribution in [-0.4, -0.2) is 20.3 Å². The Labute approximate surface area is 140 Å². The first-order valence-corrected chi connectivity index (χ1v) is 7.34. The second-order valence-electron chi connectivity index (χ2n) is 7.10. The van der Waals surface area contributed by atoms with Crippen molar-refractivity contribution < 1.29 is 9.47 Å². The molecular formula is C20H38O2. The molecule has 0 unspecified atom stereocenters. The number of hydrogen-bond donors (Lipinski definition) is 0. The molecular weight excluding hydrogens is 272 g/mol. The minimum Gasteiger partial charge on any atom is -0.502 e. The van der Waals surface area contributed by atoms with Crippen LogP contribution in [0.25, 0.3) is 0 Å². The topological polar surface area (TPSA) is 18.5 Å². The second kappa shape index (κ2) is 16.0. The Kier molecular flexibility index (Phi) is 20.9. The van der Waals surface area contributed by atoms with Gasteiger partial charge in [0.25, 0.3) is 0 Å². The first kappa shape index (κ1) is 28.7. The molecule has 0 aliphatic rings. The largest absolute Gasteiger partial charge is 0.502 e. The van der Waals surface area contributed by atoms with Gasteiger partial charge in [-0.05, 0) is 40.0 Å². The summed E-state index contributed by atoms with van der Waals surface area (Å²) in [6.07, 6.45) is 10.4. The highest BCUT2D eigenvalue weighted by Gasteiger charge is 2.05. The van der Waals surface area contributed by atoms with Gasteiger partial charge in [0.15, 0.2) is 0 Å². The van der Waals surface area contributed by atoms with Crippen LogP contribution in [0.5, 0.6) is 0 Å². The summed E-state index contributed by atoms with van der Waals surface area (Å²) < 4.78 is 9.31. The number of hydrogen-bond acceptors (Lipinski definition) is 2. The average molecular weight is 311 g/mol. The van der Waals surface area contributed by atoms with Gasteiger partial charge in [-0.15, -0.1) is 12.8 Å². The van der Waals surface area contributed by atoms with E-state index in [2.05, 4.69) is 50.9 Å². The first-order valence-electron chi connectivity index (χ1n) is 7.34. The molecule has 0 rings (SSSR count). The average Bonchev–Trinajstić information content (AvgIpc) is 2.38. The number of methoxy groups -OCH3 is 2. The van der Waals surface area contributed by atoms with Crippen LogP contribution in [-0.2, 0) is 9.47 Å². The monoisotopic (exact) mass is 310 g/mol. The van der Waals surface area contributed by atoms with Crippen molar-refractivity contribution in [3.05, 3.63) is 12.3 Å². The van der Waals surface area contributed by atoms with E-state index in [-0.39, 0.29) is 5.41 Å². The maximum Gasteiger partial charge on any atom is 0.0857 e. The number of allylic oxidation sites excluding steroid dienone is 1. The molecule has 0 radical (unpaired) electrons. The molecule has 0 saturated carbocycles. The van der Waals surface area contributed by atoms with E-state index in [1.54, 1.807) is 21.1 Å². The molecule has 0 N–H and O–H groups in total. The van der Waals surface area contributed by atoms with Crippen LogP contribution in [0.2, 0.25) is 0 Å². The van der Waals surface area contributed by atoms with Crippen molar-refractivity contribution in [1.82, 2.24) is 0 Å². The summed E-state index contributed by atoms with van der Waals surface area (Å²) in [7, 11) is 3.30. The minimum atomic E-state index is -0.361. The molecule has 0 bridgehead atoms. The fourth-order valence-corrected chi connectivity index (χ4v) is 0.0417. The molecule has 0 saturated heterocycles. The predicted octanol–water partition coefficient (Wildman–Crippen LogP) is 5.54. The highest BCUT2D eigenvalue weighted by molar-refractivity contribution is 5.16. The lowest BCUT2D eigenvalue weighted by Crippen LogP contribution is -2.01. The fourth-order valence-electron chi connectivity index (χ4n) is 0.0417. The van der Waals surface area contributed by atoms with E-state index in [9.17, 15) is 0 Å². The zero-order valence-electron chi connectivity index (χ0n) is 16.8. The van der Waals surface area contributed by atoms with Gasteiger partial charge in [0.05, 0.1) is 24.4 Å². The Bertz CT molecular complexity index is 308. The highest BCUT2D eigenvalue weighted by Crippen LogP contribution is 2.08.